The van der Waals surface area contributed by atoms with Gasteiger partial charge in [0.05, 0.1) is 9.95 Å². The van der Waals surface area contributed by atoms with Gasteiger partial charge in [0.15, 0.2) is 0 Å². The average molecular weight is 513 g/mol. The Balaban J connectivity index is 1.73. The molecule has 0 bridgehead atoms. The third kappa shape index (κ3) is 5.94. The first-order valence-corrected chi connectivity index (χ1v) is 10.4. The van der Waals surface area contributed by atoms with Gasteiger partial charge in [0, 0.05) is 27.9 Å². The van der Waals surface area contributed by atoms with Crippen molar-refractivity contribution in [3.8, 4) is 11.8 Å². The minimum Gasteiger partial charge on any atom is -0.487 e. The first kappa shape index (κ1) is 23.0. The van der Waals surface area contributed by atoms with Gasteiger partial charge in [-0.25, -0.2) is 0 Å². The van der Waals surface area contributed by atoms with Gasteiger partial charge < -0.3 is 10.1 Å². The maximum absolute atomic E-state index is 12.4. The van der Waals surface area contributed by atoms with Crippen LogP contribution in [0.1, 0.15) is 11.1 Å². The van der Waals surface area contributed by atoms with Crippen molar-refractivity contribution in [3.05, 3.63) is 103 Å². The van der Waals surface area contributed by atoms with E-state index in [1.165, 1.54) is 30.3 Å². The molecule has 0 aliphatic rings. The van der Waals surface area contributed by atoms with E-state index in [0.717, 1.165) is 10.0 Å². The number of benzene rings is 3. The zero-order chi connectivity index (χ0) is 23.1. The van der Waals surface area contributed by atoms with Crippen LogP contribution in [-0.4, -0.2) is 10.8 Å². The first-order valence-electron chi connectivity index (χ1n) is 9.20. The van der Waals surface area contributed by atoms with Crippen LogP contribution in [0.5, 0.6) is 5.75 Å². The number of nitro benzene ring substituents is 1. The molecule has 9 heteroatoms. The molecule has 1 N–H and O–H groups in total. The van der Waals surface area contributed by atoms with Crippen molar-refractivity contribution in [2.75, 3.05) is 5.32 Å². The normalized spacial score (nSPS) is 10.8. The van der Waals surface area contributed by atoms with E-state index >= 15 is 0 Å². The van der Waals surface area contributed by atoms with E-state index in [0.29, 0.717) is 22.9 Å². The van der Waals surface area contributed by atoms with Crippen LogP contribution in [0.15, 0.2) is 76.8 Å². The van der Waals surface area contributed by atoms with E-state index < -0.39 is 10.8 Å². The highest BCUT2D eigenvalue weighted by molar-refractivity contribution is 9.10. The molecule has 0 unspecified atom stereocenters. The van der Waals surface area contributed by atoms with Crippen LogP contribution >= 0.6 is 27.5 Å². The van der Waals surface area contributed by atoms with Crippen LogP contribution in [0.25, 0.3) is 6.08 Å². The number of nitrogens with one attached hydrogen (secondary N) is 1. The topological polar surface area (TPSA) is 105 Å². The number of carbonyl (C=O) groups is 1. The van der Waals surface area contributed by atoms with Crippen LogP contribution in [0.2, 0.25) is 5.02 Å². The van der Waals surface area contributed by atoms with Gasteiger partial charge in [0.25, 0.3) is 11.6 Å². The van der Waals surface area contributed by atoms with Gasteiger partial charge in [-0.3, -0.25) is 14.9 Å². The molecule has 0 saturated heterocycles. The highest BCUT2D eigenvalue weighted by Gasteiger charge is 2.13. The SMILES string of the molecule is N#C/C(=C\c1ccc(OCc2ccccc2Br)c(Cl)c1)C(=O)Nc1cccc([N+](=O)[O-])c1. The summed E-state index contributed by atoms with van der Waals surface area (Å²) in [5.74, 6) is -0.238. The van der Waals surface area contributed by atoms with Gasteiger partial charge in [-0.05, 0) is 35.9 Å². The van der Waals surface area contributed by atoms with Gasteiger partial charge >= 0.3 is 0 Å². The molecule has 7 nitrogen and oxygen atoms in total. The highest BCUT2D eigenvalue weighted by Crippen LogP contribution is 2.28. The van der Waals surface area contributed by atoms with Gasteiger partial charge in [-0.1, -0.05) is 57.9 Å². The van der Waals surface area contributed by atoms with E-state index in [1.807, 2.05) is 30.3 Å². The van der Waals surface area contributed by atoms with Crippen molar-refractivity contribution >= 4 is 50.9 Å². The largest absolute Gasteiger partial charge is 0.487 e. The van der Waals surface area contributed by atoms with Crippen molar-refractivity contribution in [3.63, 3.8) is 0 Å². The number of nitro groups is 1. The van der Waals surface area contributed by atoms with Crippen LogP contribution in [-0.2, 0) is 11.4 Å². The number of nitriles is 1. The summed E-state index contributed by atoms with van der Waals surface area (Å²) in [5, 5.41) is 23.1. The predicted molar refractivity (Wildman–Crippen MR) is 125 cm³/mol. The van der Waals surface area contributed by atoms with Crippen molar-refractivity contribution in [1.29, 1.82) is 5.26 Å². The molecule has 0 atom stereocenters. The van der Waals surface area contributed by atoms with E-state index in [9.17, 15) is 20.2 Å². The monoisotopic (exact) mass is 511 g/mol. The van der Waals surface area contributed by atoms with Crippen molar-refractivity contribution in [1.82, 2.24) is 0 Å². The molecule has 0 spiro atoms. The van der Waals surface area contributed by atoms with E-state index in [1.54, 1.807) is 18.2 Å². The molecule has 0 aliphatic carbocycles. The first-order chi connectivity index (χ1) is 15.4. The maximum Gasteiger partial charge on any atom is 0.271 e. The summed E-state index contributed by atoms with van der Waals surface area (Å²) in [5.41, 5.74) is 1.33. The number of ether oxygens (including phenoxy) is 1. The Morgan fingerprint density at radius 3 is 2.66 bits per heavy atom. The van der Waals surface area contributed by atoms with Crippen LogP contribution in [0.4, 0.5) is 11.4 Å². The number of non-ortho nitro benzene ring substituents is 1. The molecular weight excluding hydrogens is 498 g/mol. The van der Waals surface area contributed by atoms with E-state index in [2.05, 4.69) is 21.2 Å². The van der Waals surface area contributed by atoms with Gasteiger partial charge in [-0.15, -0.1) is 0 Å². The quantitative estimate of drug-likeness (QED) is 0.177. The molecule has 160 valence electrons. The van der Waals surface area contributed by atoms with Crippen molar-refractivity contribution in [2.24, 2.45) is 0 Å². The number of carbonyl (C=O) groups excluding carboxylic acids is 1. The molecule has 1 amide bonds. The fourth-order valence-electron chi connectivity index (χ4n) is 2.71. The van der Waals surface area contributed by atoms with Crippen LogP contribution in [0, 0.1) is 21.4 Å². The second kappa shape index (κ2) is 10.6. The summed E-state index contributed by atoms with van der Waals surface area (Å²) in [4.78, 5) is 22.7. The number of halogens is 2. The molecule has 3 aromatic carbocycles. The molecule has 0 radical (unpaired) electrons. The smallest absolute Gasteiger partial charge is 0.271 e. The summed E-state index contributed by atoms with van der Waals surface area (Å²) in [6.07, 6.45) is 1.37. The predicted octanol–water partition coefficient (Wildman–Crippen LogP) is 6.14. The van der Waals surface area contributed by atoms with Crippen LogP contribution < -0.4 is 10.1 Å². The Kier molecular flexibility index (Phi) is 7.60. The summed E-state index contributed by atoms with van der Waals surface area (Å²) in [6, 6.07) is 19.8. The molecule has 0 heterocycles. The minimum absolute atomic E-state index is 0.171. The Hall–Kier alpha value is -3.67. The van der Waals surface area contributed by atoms with E-state index in [4.69, 9.17) is 16.3 Å². The minimum atomic E-state index is -0.696. The maximum atomic E-state index is 12.4. The zero-order valence-electron chi connectivity index (χ0n) is 16.4. The fourth-order valence-corrected chi connectivity index (χ4v) is 3.35. The Bertz CT molecular complexity index is 1250. The van der Waals surface area contributed by atoms with Gasteiger partial charge in [-0.2, -0.15) is 5.26 Å². The molecular formula is C23H15BrClN3O4. The number of amides is 1. The second-order valence-corrected chi connectivity index (χ2v) is 7.76. The molecule has 0 aliphatic heterocycles. The molecule has 3 aromatic rings. The molecule has 32 heavy (non-hydrogen) atoms. The fraction of sp³-hybridized carbons (Fsp3) is 0.0435. The lowest BCUT2D eigenvalue weighted by Crippen LogP contribution is -2.13. The Labute approximate surface area is 197 Å². The Morgan fingerprint density at radius 1 is 1.19 bits per heavy atom. The molecule has 0 fully saturated rings. The summed E-state index contributed by atoms with van der Waals surface area (Å²) in [6.45, 7) is 0.311. The average Bonchev–Trinajstić information content (AvgIpc) is 2.78. The number of nitrogens with zero attached hydrogens (tertiary/aromatic N) is 2. The highest BCUT2D eigenvalue weighted by atomic mass is 79.9. The van der Waals surface area contributed by atoms with Crippen molar-refractivity contribution < 1.29 is 14.5 Å². The van der Waals surface area contributed by atoms with E-state index in [-0.39, 0.29) is 16.9 Å². The lowest BCUT2D eigenvalue weighted by molar-refractivity contribution is -0.384. The molecule has 3 rings (SSSR count). The summed E-state index contributed by atoms with van der Waals surface area (Å²) < 4.78 is 6.69. The van der Waals surface area contributed by atoms with Crippen LogP contribution in [0.3, 0.4) is 0 Å². The number of hydrogen-bond donors (Lipinski definition) is 1. The lowest BCUT2D eigenvalue weighted by atomic mass is 10.1. The Morgan fingerprint density at radius 2 is 1.97 bits per heavy atom. The lowest BCUT2D eigenvalue weighted by Gasteiger charge is -2.10. The third-order valence-corrected chi connectivity index (χ3v) is 5.36. The number of anilines is 1. The second-order valence-electron chi connectivity index (χ2n) is 6.50. The number of hydrogen-bond acceptors (Lipinski definition) is 5. The number of rotatable bonds is 7. The van der Waals surface area contributed by atoms with Crippen molar-refractivity contribution in [2.45, 2.75) is 6.61 Å². The summed E-state index contributed by atoms with van der Waals surface area (Å²) >= 11 is 9.77. The zero-order valence-corrected chi connectivity index (χ0v) is 18.8. The third-order valence-electron chi connectivity index (χ3n) is 4.29. The molecule has 0 saturated carbocycles. The standard InChI is InChI=1S/C23H15BrClN3O4/c24-20-7-2-1-4-16(20)14-32-22-9-8-15(11-21(22)25)10-17(13-26)23(29)27-18-5-3-6-19(12-18)28(30)31/h1-12H,14H2,(H,27,29)/b17-10+. The summed E-state index contributed by atoms with van der Waals surface area (Å²) in [7, 11) is 0. The van der Waals surface area contributed by atoms with Gasteiger partial charge in [0.1, 0.15) is 24.0 Å². The van der Waals surface area contributed by atoms with Gasteiger partial charge in [0.2, 0.25) is 0 Å². The molecule has 0 aromatic heterocycles.